The second-order valence-electron chi connectivity index (χ2n) is 2.22. The van der Waals surface area contributed by atoms with Crippen molar-refractivity contribution in [1.82, 2.24) is 0 Å². The van der Waals surface area contributed by atoms with E-state index in [2.05, 4.69) is 4.74 Å². The van der Waals surface area contributed by atoms with E-state index >= 15 is 0 Å². The molecule has 0 bridgehead atoms. The molecule has 4 heteroatoms. The highest BCUT2D eigenvalue weighted by atomic mass is 35.5. The molecule has 0 spiro atoms. The van der Waals surface area contributed by atoms with Gasteiger partial charge in [-0.3, -0.25) is 0 Å². The minimum Gasteiger partial charge on any atom is -0.465 e. The van der Waals surface area contributed by atoms with Gasteiger partial charge >= 0.3 is 5.97 Å². The third-order valence-electron chi connectivity index (χ3n) is 1.42. The zero-order chi connectivity index (χ0) is 11.1. The maximum absolute atomic E-state index is 11.0. The van der Waals surface area contributed by atoms with Crippen LogP contribution in [0.4, 0.5) is 5.69 Å². The molecule has 3 nitrogen and oxygen atoms in total. The minimum absolute atomic E-state index is 0.328. The van der Waals surface area contributed by atoms with Crippen LogP contribution in [0.15, 0.2) is 18.2 Å². The van der Waals surface area contributed by atoms with E-state index in [1.54, 1.807) is 6.07 Å². The van der Waals surface area contributed by atoms with Gasteiger partial charge in [-0.05, 0) is 18.2 Å². The molecule has 0 heterocycles. The molecule has 0 fully saturated rings. The van der Waals surface area contributed by atoms with Crippen molar-refractivity contribution in [2.24, 2.45) is 0 Å². The van der Waals surface area contributed by atoms with Gasteiger partial charge in [-0.1, -0.05) is 25.4 Å². The lowest BCUT2D eigenvalue weighted by Crippen LogP contribution is -2.04. The van der Waals surface area contributed by atoms with Gasteiger partial charge in [0, 0.05) is 10.7 Å². The third kappa shape index (κ3) is 3.26. The fraction of sp³-hybridized carbons (Fsp3) is 0.300. The van der Waals surface area contributed by atoms with E-state index < -0.39 is 5.97 Å². The number of esters is 1. The second kappa shape index (κ2) is 6.27. The van der Waals surface area contributed by atoms with E-state index in [9.17, 15) is 4.79 Å². The molecule has 1 aromatic carbocycles. The highest BCUT2D eigenvalue weighted by Crippen LogP contribution is 2.18. The Balaban J connectivity index is 0.000000791. The van der Waals surface area contributed by atoms with E-state index in [-0.39, 0.29) is 0 Å². The minimum atomic E-state index is -0.454. The fourth-order valence-corrected chi connectivity index (χ4v) is 1.01. The van der Waals surface area contributed by atoms with Crippen LogP contribution in [-0.4, -0.2) is 13.1 Å². The summed E-state index contributed by atoms with van der Waals surface area (Å²) in [7, 11) is 1.30. The Bertz CT molecular complexity index is 313. The Morgan fingerprint density at radius 2 is 2.00 bits per heavy atom. The van der Waals surface area contributed by atoms with Crippen molar-refractivity contribution in [1.29, 1.82) is 0 Å². The van der Waals surface area contributed by atoms with Crippen LogP contribution in [-0.2, 0) is 4.74 Å². The summed E-state index contributed by atoms with van der Waals surface area (Å²) in [5.74, 6) is -0.454. The van der Waals surface area contributed by atoms with E-state index in [4.69, 9.17) is 17.3 Å². The number of nitrogens with two attached hydrogens (primary N) is 1. The third-order valence-corrected chi connectivity index (χ3v) is 1.65. The average molecular weight is 216 g/mol. The fourth-order valence-electron chi connectivity index (χ4n) is 0.829. The number of benzene rings is 1. The van der Waals surface area contributed by atoms with Crippen molar-refractivity contribution in [3.8, 4) is 0 Å². The van der Waals surface area contributed by atoms with Crippen molar-refractivity contribution in [3.05, 3.63) is 28.8 Å². The molecule has 0 radical (unpaired) electrons. The molecule has 0 saturated carbocycles. The van der Waals surface area contributed by atoms with Crippen LogP contribution in [0.3, 0.4) is 0 Å². The molecule has 2 N–H and O–H groups in total. The normalized spacial score (nSPS) is 8.57. The maximum Gasteiger partial charge on any atom is 0.339 e. The van der Waals surface area contributed by atoms with Crippen LogP contribution in [0.5, 0.6) is 0 Å². The Labute approximate surface area is 88.8 Å². The first-order valence-electron chi connectivity index (χ1n) is 4.28. The van der Waals surface area contributed by atoms with Gasteiger partial charge in [-0.15, -0.1) is 0 Å². The van der Waals surface area contributed by atoms with Crippen LogP contribution < -0.4 is 5.73 Å². The summed E-state index contributed by atoms with van der Waals surface area (Å²) in [6.45, 7) is 4.00. The molecule has 1 aromatic rings. The molecule has 78 valence electrons. The zero-order valence-corrected chi connectivity index (χ0v) is 9.26. The summed E-state index contributed by atoms with van der Waals surface area (Å²) in [6.07, 6.45) is 0. The molecule has 0 aliphatic carbocycles. The number of halogens is 1. The Morgan fingerprint density at radius 1 is 1.43 bits per heavy atom. The smallest absolute Gasteiger partial charge is 0.339 e. The lowest BCUT2D eigenvalue weighted by molar-refractivity contribution is 0.0602. The van der Waals surface area contributed by atoms with Crippen LogP contribution in [0.2, 0.25) is 5.02 Å². The predicted octanol–water partition coefficient (Wildman–Crippen LogP) is 2.74. The number of hydrogen-bond acceptors (Lipinski definition) is 3. The molecule has 0 saturated heterocycles. The molecule has 0 aromatic heterocycles. The molecule has 1 rings (SSSR count). The SMILES string of the molecule is CC.COC(=O)c1ccc(Cl)cc1N. The van der Waals surface area contributed by atoms with Gasteiger partial charge in [-0.2, -0.15) is 0 Å². The molecular formula is C10H14ClNO2. The van der Waals surface area contributed by atoms with Gasteiger partial charge in [0.05, 0.1) is 12.7 Å². The number of hydrogen-bond donors (Lipinski definition) is 1. The highest BCUT2D eigenvalue weighted by Gasteiger charge is 2.08. The standard InChI is InChI=1S/C8H8ClNO2.C2H6/c1-12-8(11)6-3-2-5(9)4-7(6)10;1-2/h2-4H,10H2,1H3;1-2H3. The number of ether oxygens (including phenoxy) is 1. The lowest BCUT2D eigenvalue weighted by Gasteiger charge is -2.02. The number of nitrogen functional groups attached to an aromatic ring is 1. The molecule has 14 heavy (non-hydrogen) atoms. The molecule has 0 unspecified atom stereocenters. The van der Waals surface area contributed by atoms with E-state index in [1.807, 2.05) is 13.8 Å². The van der Waals surface area contributed by atoms with Crippen LogP contribution in [0.1, 0.15) is 24.2 Å². The maximum atomic E-state index is 11.0. The molecule has 0 aliphatic rings. The number of anilines is 1. The summed E-state index contributed by atoms with van der Waals surface area (Å²) in [5.41, 5.74) is 6.18. The summed E-state index contributed by atoms with van der Waals surface area (Å²) in [4.78, 5) is 11.0. The first kappa shape index (κ1) is 12.8. The number of carbonyl (C=O) groups excluding carboxylic acids is 1. The summed E-state index contributed by atoms with van der Waals surface area (Å²) >= 11 is 5.63. The molecule has 0 amide bonds. The van der Waals surface area contributed by atoms with Gasteiger partial charge in [-0.25, -0.2) is 4.79 Å². The van der Waals surface area contributed by atoms with Crippen LogP contribution >= 0.6 is 11.6 Å². The molecule has 0 atom stereocenters. The first-order chi connectivity index (χ1) is 6.65. The Kier molecular flexibility index (Phi) is 5.72. The van der Waals surface area contributed by atoms with Crippen LogP contribution in [0, 0.1) is 0 Å². The Hall–Kier alpha value is -1.22. The van der Waals surface area contributed by atoms with Gasteiger partial charge < -0.3 is 10.5 Å². The van der Waals surface area contributed by atoms with Crippen molar-refractivity contribution >= 4 is 23.3 Å². The second-order valence-corrected chi connectivity index (χ2v) is 2.66. The topological polar surface area (TPSA) is 52.3 Å². The zero-order valence-electron chi connectivity index (χ0n) is 8.50. The van der Waals surface area contributed by atoms with Gasteiger partial charge in [0.2, 0.25) is 0 Å². The molecule has 0 aliphatic heterocycles. The highest BCUT2D eigenvalue weighted by molar-refractivity contribution is 6.31. The van der Waals surface area contributed by atoms with Crippen molar-refractivity contribution in [2.45, 2.75) is 13.8 Å². The van der Waals surface area contributed by atoms with E-state index in [1.165, 1.54) is 19.2 Å². The van der Waals surface area contributed by atoms with Crippen LogP contribution in [0.25, 0.3) is 0 Å². The first-order valence-corrected chi connectivity index (χ1v) is 4.66. The van der Waals surface area contributed by atoms with Crippen molar-refractivity contribution in [2.75, 3.05) is 12.8 Å². The van der Waals surface area contributed by atoms with E-state index in [0.29, 0.717) is 16.3 Å². The van der Waals surface area contributed by atoms with E-state index in [0.717, 1.165) is 0 Å². The van der Waals surface area contributed by atoms with Gasteiger partial charge in [0.25, 0.3) is 0 Å². The Morgan fingerprint density at radius 3 is 2.43 bits per heavy atom. The van der Waals surface area contributed by atoms with Crippen molar-refractivity contribution in [3.63, 3.8) is 0 Å². The van der Waals surface area contributed by atoms with Gasteiger partial charge in [0.1, 0.15) is 0 Å². The quantitative estimate of drug-likeness (QED) is 0.579. The number of methoxy groups -OCH3 is 1. The largest absolute Gasteiger partial charge is 0.465 e. The van der Waals surface area contributed by atoms with Gasteiger partial charge in [0.15, 0.2) is 0 Å². The monoisotopic (exact) mass is 215 g/mol. The summed E-state index contributed by atoms with van der Waals surface area (Å²) in [5, 5.41) is 0.500. The summed E-state index contributed by atoms with van der Waals surface area (Å²) in [6, 6.07) is 4.63. The van der Waals surface area contributed by atoms with Crippen molar-refractivity contribution < 1.29 is 9.53 Å². The predicted molar refractivity (Wildman–Crippen MR) is 58.6 cm³/mol. The molecular weight excluding hydrogens is 202 g/mol. The number of carbonyl (C=O) groups is 1. The number of rotatable bonds is 1. The average Bonchev–Trinajstić information content (AvgIpc) is 2.20. The lowest BCUT2D eigenvalue weighted by atomic mass is 10.2. The summed E-state index contributed by atoms with van der Waals surface area (Å²) < 4.78 is 4.49.